The van der Waals surface area contributed by atoms with Crippen LogP contribution in [0.2, 0.25) is 0 Å². The van der Waals surface area contributed by atoms with Gasteiger partial charge in [0.15, 0.2) is 0 Å². The average Bonchev–Trinajstić information content (AvgIpc) is 3.02. The standard InChI is InChI=1S/C21H22N2O3/c1-13(2)15-7-10-19(26-4)16(11-15)12-18-21(24)23-20(22-18)14-5-8-17(25-3)9-6-14/h5-13H,1-4H3,(H,22,23,24)/b18-12-. The lowest BCUT2D eigenvalue weighted by Crippen LogP contribution is -2.24. The van der Waals surface area contributed by atoms with Crippen LogP contribution in [-0.4, -0.2) is 26.0 Å². The molecule has 1 aliphatic heterocycles. The van der Waals surface area contributed by atoms with E-state index >= 15 is 0 Å². The molecule has 0 spiro atoms. The van der Waals surface area contributed by atoms with E-state index in [1.807, 2.05) is 42.5 Å². The van der Waals surface area contributed by atoms with E-state index in [1.165, 1.54) is 5.56 Å². The molecule has 0 unspecified atom stereocenters. The van der Waals surface area contributed by atoms with Crippen molar-refractivity contribution < 1.29 is 14.3 Å². The van der Waals surface area contributed by atoms with Crippen LogP contribution in [0.25, 0.3) is 6.08 Å². The number of rotatable bonds is 5. The second kappa shape index (κ2) is 7.44. The summed E-state index contributed by atoms with van der Waals surface area (Å²) >= 11 is 0. The molecule has 0 radical (unpaired) electrons. The number of amidine groups is 1. The summed E-state index contributed by atoms with van der Waals surface area (Å²) < 4.78 is 10.6. The van der Waals surface area contributed by atoms with Gasteiger partial charge < -0.3 is 14.8 Å². The van der Waals surface area contributed by atoms with Crippen molar-refractivity contribution >= 4 is 17.8 Å². The van der Waals surface area contributed by atoms with Crippen molar-refractivity contribution in [2.24, 2.45) is 4.99 Å². The molecule has 0 aromatic heterocycles. The summed E-state index contributed by atoms with van der Waals surface area (Å²) in [6, 6.07) is 13.4. The van der Waals surface area contributed by atoms with Gasteiger partial charge in [0, 0.05) is 11.1 Å². The maximum absolute atomic E-state index is 12.3. The summed E-state index contributed by atoms with van der Waals surface area (Å²) in [7, 11) is 3.23. The number of nitrogens with one attached hydrogen (secondary N) is 1. The van der Waals surface area contributed by atoms with Crippen LogP contribution < -0.4 is 14.8 Å². The highest BCUT2D eigenvalue weighted by Crippen LogP contribution is 2.27. The van der Waals surface area contributed by atoms with Crippen LogP contribution in [0.1, 0.15) is 36.5 Å². The first-order chi connectivity index (χ1) is 12.5. The van der Waals surface area contributed by atoms with E-state index in [0.29, 0.717) is 23.2 Å². The molecule has 0 fully saturated rings. The Labute approximate surface area is 153 Å². The minimum Gasteiger partial charge on any atom is -0.497 e. The molecule has 134 valence electrons. The Morgan fingerprint density at radius 2 is 1.77 bits per heavy atom. The van der Waals surface area contributed by atoms with E-state index < -0.39 is 0 Å². The number of hydrogen-bond donors (Lipinski definition) is 1. The number of amides is 1. The Kier molecular flexibility index (Phi) is 5.07. The predicted molar refractivity (Wildman–Crippen MR) is 103 cm³/mol. The van der Waals surface area contributed by atoms with Crippen molar-refractivity contribution in [1.29, 1.82) is 0 Å². The molecular formula is C21H22N2O3. The summed E-state index contributed by atoms with van der Waals surface area (Å²) in [5.74, 6) is 2.15. The first-order valence-electron chi connectivity index (χ1n) is 8.46. The molecule has 1 aliphatic rings. The van der Waals surface area contributed by atoms with Gasteiger partial charge in [0.25, 0.3) is 5.91 Å². The Morgan fingerprint density at radius 1 is 1.04 bits per heavy atom. The summed E-state index contributed by atoms with van der Waals surface area (Å²) in [5.41, 5.74) is 3.19. The number of methoxy groups -OCH3 is 2. The quantitative estimate of drug-likeness (QED) is 0.836. The zero-order chi connectivity index (χ0) is 18.7. The SMILES string of the molecule is COc1ccc(C2=N/C(=C\c3cc(C(C)C)ccc3OC)C(=O)N2)cc1. The van der Waals surface area contributed by atoms with Gasteiger partial charge in [0.2, 0.25) is 0 Å². The van der Waals surface area contributed by atoms with E-state index in [4.69, 9.17) is 9.47 Å². The fraction of sp³-hybridized carbons (Fsp3) is 0.238. The smallest absolute Gasteiger partial charge is 0.275 e. The molecule has 0 saturated carbocycles. The number of aliphatic imine (C=N–C) groups is 1. The highest BCUT2D eigenvalue weighted by Gasteiger charge is 2.21. The van der Waals surface area contributed by atoms with Crippen molar-refractivity contribution in [2.45, 2.75) is 19.8 Å². The Balaban J connectivity index is 1.96. The number of hydrogen-bond acceptors (Lipinski definition) is 4. The maximum atomic E-state index is 12.3. The minimum absolute atomic E-state index is 0.229. The number of ether oxygens (including phenoxy) is 2. The first kappa shape index (κ1) is 17.7. The van der Waals surface area contributed by atoms with Crippen LogP contribution in [0.4, 0.5) is 0 Å². The van der Waals surface area contributed by atoms with Gasteiger partial charge in [0.1, 0.15) is 23.0 Å². The van der Waals surface area contributed by atoms with Crippen LogP contribution in [0.15, 0.2) is 53.2 Å². The second-order valence-corrected chi connectivity index (χ2v) is 6.33. The lowest BCUT2D eigenvalue weighted by atomic mass is 10.00. The highest BCUT2D eigenvalue weighted by molar-refractivity contribution is 6.19. The Hall–Kier alpha value is -3.08. The van der Waals surface area contributed by atoms with E-state index in [-0.39, 0.29) is 5.91 Å². The lowest BCUT2D eigenvalue weighted by molar-refractivity contribution is -0.115. The Morgan fingerprint density at radius 3 is 2.38 bits per heavy atom. The molecule has 0 bridgehead atoms. The van der Waals surface area contributed by atoms with E-state index in [0.717, 1.165) is 16.9 Å². The van der Waals surface area contributed by atoms with Gasteiger partial charge in [-0.3, -0.25) is 4.79 Å². The van der Waals surface area contributed by atoms with Gasteiger partial charge in [-0.25, -0.2) is 4.99 Å². The van der Waals surface area contributed by atoms with Crippen molar-refractivity contribution in [2.75, 3.05) is 14.2 Å². The lowest BCUT2D eigenvalue weighted by Gasteiger charge is -2.10. The molecule has 2 aromatic carbocycles. The van der Waals surface area contributed by atoms with Crippen molar-refractivity contribution in [3.63, 3.8) is 0 Å². The number of benzene rings is 2. The largest absolute Gasteiger partial charge is 0.497 e. The molecule has 3 rings (SSSR count). The number of carbonyl (C=O) groups excluding carboxylic acids is 1. The summed E-state index contributed by atoms with van der Waals surface area (Å²) in [4.78, 5) is 16.8. The number of nitrogens with zero attached hydrogens (tertiary/aromatic N) is 1. The highest BCUT2D eigenvalue weighted by atomic mass is 16.5. The van der Waals surface area contributed by atoms with Gasteiger partial charge in [-0.05, 0) is 54.0 Å². The molecule has 1 N–H and O–H groups in total. The molecule has 0 atom stereocenters. The first-order valence-corrected chi connectivity index (χ1v) is 8.46. The molecule has 5 nitrogen and oxygen atoms in total. The fourth-order valence-corrected chi connectivity index (χ4v) is 2.73. The molecule has 1 amide bonds. The van der Waals surface area contributed by atoms with Crippen molar-refractivity contribution in [3.05, 3.63) is 64.9 Å². The third-order valence-corrected chi connectivity index (χ3v) is 4.27. The third-order valence-electron chi connectivity index (χ3n) is 4.27. The Bertz CT molecular complexity index is 881. The molecule has 1 heterocycles. The molecule has 5 heteroatoms. The molecule has 0 saturated heterocycles. The molecule has 0 aliphatic carbocycles. The van der Waals surface area contributed by atoms with Crippen LogP contribution in [0.5, 0.6) is 11.5 Å². The summed E-state index contributed by atoms with van der Waals surface area (Å²) in [6.07, 6.45) is 1.76. The summed E-state index contributed by atoms with van der Waals surface area (Å²) in [5, 5.41) is 2.81. The van der Waals surface area contributed by atoms with Crippen LogP contribution >= 0.6 is 0 Å². The van der Waals surface area contributed by atoms with Gasteiger partial charge in [-0.15, -0.1) is 0 Å². The fourth-order valence-electron chi connectivity index (χ4n) is 2.73. The van der Waals surface area contributed by atoms with Crippen LogP contribution in [0.3, 0.4) is 0 Å². The van der Waals surface area contributed by atoms with Gasteiger partial charge >= 0.3 is 0 Å². The van der Waals surface area contributed by atoms with E-state index in [1.54, 1.807) is 20.3 Å². The van der Waals surface area contributed by atoms with Crippen LogP contribution in [0, 0.1) is 0 Å². The minimum atomic E-state index is -0.229. The van der Waals surface area contributed by atoms with Crippen LogP contribution in [-0.2, 0) is 4.79 Å². The zero-order valence-corrected chi connectivity index (χ0v) is 15.4. The van der Waals surface area contributed by atoms with Gasteiger partial charge in [-0.1, -0.05) is 19.9 Å². The third kappa shape index (κ3) is 3.61. The predicted octanol–water partition coefficient (Wildman–Crippen LogP) is 3.74. The zero-order valence-electron chi connectivity index (χ0n) is 15.4. The van der Waals surface area contributed by atoms with Crippen molar-refractivity contribution in [3.8, 4) is 11.5 Å². The molecule has 2 aromatic rings. The summed E-state index contributed by atoms with van der Waals surface area (Å²) in [6.45, 7) is 4.25. The maximum Gasteiger partial charge on any atom is 0.275 e. The number of carbonyl (C=O) groups is 1. The topological polar surface area (TPSA) is 59.9 Å². The van der Waals surface area contributed by atoms with Gasteiger partial charge in [0.05, 0.1) is 14.2 Å². The molecular weight excluding hydrogens is 328 g/mol. The van der Waals surface area contributed by atoms with Gasteiger partial charge in [-0.2, -0.15) is 0 Å². The average molecular weight is 350 g/mol. The molecule has 26 heavy (non-hydrogen) atoms. The monoisotopic (exact) mass is 350 g/mol. The van der Waals surface area contributed by atoms with Crippen molar-refractivity contribution in [1.82, 2.24) is 5.32 Å². The van der Waals surface area contributed by atoms with E-state index in [2.05, 4.69) is 24.2 Å². The second-order valence-electron chi connectivity index (χ2n) is 6.33. The van der Waals surface area contributed by atoms with E-state index in [9.17, 15) is 4.79 Å². The normalized spacial score (nSPS) is 15.2.